The molecule has 1 atom stereocenters. The van der Waals surface area contributed by atoms with Crippen molar-refractivity contribution < 1.29 is 17.9 Å². The molecule has 0 bridgehead atoms. The van der Waals surface area contributed by atoms with Gasteiger partial charge in [0.05, 0.1) is 5.69 Å². The van der Waals surface area contributed by atoms with Crippen molar-refractivity contribution in [2.24, 2.45) is 0 Å². The highest BCUT2D eigenvalue weighted by molar-refractivity contribution is 7.97. The summed E-state index contributed by atoms with van der Waals surface area (Å²) in [4.78, 5) is 5.17. The summed E-state index contributed by atoms with van der Waals surface area (Å²) in [5.74, 6) is -0.209. The van der Waals surface area contributed by atoms with Gasteiger partial charge in [0, 0.05) is 13.1 Å². The van der Waals surface area contributed by atoms with Crippen molar-refractivity contribution in [3.05, 3.63) is 72.8 Å². The number of hydrogen-bond acceptors (Lipinski definition) is 2. The molecule has 4 rings (SSSR count). The van der Waals surface area contributed by atoms with E-state index in [1.165, 1.54) is 12.1 Å². The number of ether oxygens (including phenoxy) is 1. The number of anilines is 2. The van der Waals surface area contributed by atoms with Gasteiger partial charge in [-0.1, -0.05) is 30.3 Å². The maximum absolute atomic E-state index is 12.6. The fourth-order valence-electron chi connectivity index (χ4n) is 3.09. The summed E-state index contributed by atoms with van der Waals surface area (Å²) in [6.45, 7) is 0. The van der Waals surface area contributed by atoms with E-state index < -0.39 is 6.36 Å². The van der Waals surface area contributed by atoms with Gasteiger partial charge < -0.3 is 9.64 Å². The molecule has 1 aliphatic rings. The lowest BCUT2D eigenvalue weighted by Crippen LogP contribution is -2.23. The topological polar surface area (TPSA) is 12.5 Å². The maximum atomic E-state index is 12.6. The zero-order chi connectivity index (χ0) is 18.3. The van der Waals surface area contributed by atoms with Gasteiger partial charge in [-0.3, -0.25) is 0 Å². The number of hydrogen-bond donors (Lipinski definition) is 0. The number of nitrogens with zero attached hydrogens (tertiary/aromatic N) is 1. The summed E-state index contributed by atoms with van der Waals surface area (Å²) in [7, 11) is 1.47. The van der Waals surface area contributed by atoms with Crippen LogP contribution in [0, 0.1) is 0 Å². The molecule has 6 heteroatoms. The molecule has 0 spiro atoms. The second-order valence-electron chi connectivity index (χ2n) is 5.82. The van der Waals surface area contributed by atoms with Crippen molar-refractivity contribution in [3.63, 3.8) is 0 Å². The van der Waals surface area contributed by atoms with Gasteiger partial charge >= 0.3 is 6.36 Å². The van der Waals surface area contributed by atoms with E-state index in [0.717, 1.165) is 26.1 Å². The summed E-state index contributed by atoms with van der Waals surface area (Å²) in [5, 5.41) is 0. The first-order chi connectivity index (χ1) is 12.4. The lowest BCUT2D eigenvalue weighted by atomic mass is 10.2. The number of benzene rings is 3. The molecule has 0 aliphatic carbocycles. The number of para-hydroxylation sites is 1. The molecule has 3 aromatic rings. The number of fused-ring (bicyclic) bond motifs is 2. The van der Waals surface area contributed by atoms with Gasteiger partial charge in [-0.2, -0.15) is 0 Å². The summed E-state index contributed by atoms with van der Waals surface area (Å²) in [6.07, 6.45) is -4.71. The van der Waals surface area contributed by atoms with Crippen molar-refractivity contribution in [2.45, 2.75) is 21.0 Å². The van der Waals surface area contributed by atoms with E-state index >= 15 is 0 Å². The average molecular weight is 374 g/mol. The number of alkyl halides is 3. The van der Waals surface area contributed by atoms with Crippen LogP contribution >= 0.6 is 0 Å². The monoisotopic (exact) mass is 374 g/mol. The molecule has 0 amide bonds. The van der Waals surface area contributed by atoms with E-state index in [0.29, 0.717) is 0 Å². The van der Waals surface area contributed by atoms with Crippen molar-refractivity contribution >= 4 is 22.3 Å². The summed E-state index contributed by atoms with van der Waals surface area (Å²) >= 11 is 0. The van der Waals surface area contributed by atoms with Crippen LogP contribution in [0.3, 0.4) is 0 Å². The second-order valence-corrected chi connectivity index (χ2v) is 7.79. The zero-order valence-electron chi connectivity index (χ0n) is 13.8. The number of halogens is 3. The van der Waals surface area contributed by atoms with Crippen LogP contribution in [0.2, 0.25) is 0 Å². The third kappa shape index (κ3) is 3.01. The van der Waals surface area contributed by atoms with Gasteiger partial charge in [-0.05, 0) is 36.4 Å². The molecule has 2 nitrogen and oxygen atoms in total. The Hall–Kier alpha value is -2.60. The fraction of sp³-hybridized carbons (Fsp3) is 0.100. The minimum absolute atomic E-state index is 0.209. The van der Waals surface area contributed by atoms with Gasteiger partial charge in [0.15, 0.2) is 14.7 Å². The van der Waals surface area contributed by atoms with Crippen molar-refractivity contribution in [3.8, 4) is 5.75 Å². The van der Waals surface area contributed by atoms with Crippen LogP contribution < -0.4 is 9.64 Å². The molecule has 0 saturated heterocycles. The van der Waals surface area contributed by atoms with E-state index in [4.69, 9.17) is 0 Å². The molecular weight excluding hydrogens is 359 g/mol. The maximum Gasteiger partial charge on any atom is 0.573 e. The van der Waals surface area contributed by atoms with Gasteiger partial charge in [-0.25, -0.2) is 0 Å². The molecule has 26 heavy (non-hydrogen) atoms. The molecule has 0 saturated carbocycles. The van der Waals surface area contributed by atoms with Crippen LogP contribution in [0.15, 0.2) is 87.5 Å². The Morgan fingerprint density at radius 3 is 2.19 bits per heavy atom. The highest BCUT2D eigenvalue weighted by atomic mass is 32.2. The number of rotatable bonds is 2. The first-order valence-electron chi connectivity index (χ1n) is 7.96. The Morgan fingerprint density at radius 1 is 0.808 bits per heavy atom. The molecule has 1 unspecified atom stereocenters. The molecule has 0 fully saturated rings. The standard InChI is InChI=1S/C20H15F3NOS/c1-24-16-9-5-6-10-18(16)26(15-7-3-2-4-8-15)19-12-11-14(13-17(19)24)25-20(21,22)23/h2-13H,1H3/q+1. The first kappa shape index (κ1) is 16.8. The van der Waals surface area contributed by atoms with Crippen molar-refractivity contribution in [1.82, 2.24) is 0 Å². The zero-order valence-corrected chi connectivity index (χ0v) is 14.6. The van der Waals surface area contributed by atoms with Crippen molar-refractivity contribution in [2.75, 3.05) is 11.9 Å². The molecule has 0 radical (unpaired) electrons. The largest absolute Gasteiger partial charge is 0.573 e. The molecule has 0 N–H and O–H groups in total. The average Bonchev–Trinajstić information content (AvgIpc) is 2.62. The Bertz CT molecular complexity index is 943. The highest BCUT2D eigenvalue weighted by Crippen LogP contribution is 2.48. The minimum Gasteiger partial charge on any atom is -0.406 e. The summed E-state index contributed by atoms with van der Waals surface area (Å²) in [5.41, 5.74) is 1.70. The van der Waals surface area contributed by atoms with E-state index in [9.17, 15) is 13.2 Å². The summed E-state index contributed by atoms with van der Waals surface area (Å²) in [6, 6.07) is 22.6. The van der Waals surface area contributed by atoms with Crippen LogP contribution in [0.4, 0.5) is 24.5 Å². The Morgan fingerprint density at radius 2 is 1.46 bits per heavy atom. The van der Waals surface area contributed by atoms with E-state index in [1.807, 2.05) is 48.3 Å². The van der Waals surface area contributed by atoms with Crippen LogP contribution in [0.1, 0.15) is 0 Å². The quantitative estimate of drug-likeness (QED) is 0.529. The first-order valence-corrected chi connectivity index (χ1v) is 9.18. The normalized spacial score (nSPS) is 16.0. The van der Waals surface area contributed by atoms with Crippen LogP contribution in [-0.2, 0) is 10.9 Å². The molecule has 132 valence electrons. The van der Waals surface area contributed by atoms with Gasteiger partial charge in [0.25, 0.3) is 0 Å². The van der Waals surface area contributed by atoms with E-state index in [1.54, 1.807) is 6.07 Å². The van der Waals surface area contributed by atoms with Gasteiger partial charge in [0.2, 0.25) is 0 Å². The lowest BCUT2D eigenvalue weighted by molar-refractivity contribution is -0.274. The molecule has 3 aromatic carbocycles. The third-order valence-electron chi connectivity index (χ3n) is 4.17. The SMILES string of the molecule is CN1c2ccccc2[S+](c2ccccc2)c2ccc(OC(F)(F)F)cc21. The Kier molecular flexibility index (Phi) is 4.07. The summed E-state index contributed by atoms with van der Waals surface area (Å²) < 4.78 is 42.0. The van der Waals surface area contributed by atoms with Gasteiger partial charge in [-0.15, -0.1) is 13.2 Å². The lowest BCUT2D eigenvalue weighted by Gasteiger charge is -2.28. The molecule has 0 aromatic heterocycles. The second kappa shape index (κ2) is 6.29. The Labute approximate surface area is 152 Å². The van der Waals surface area contributed by atoms with Crippen molar-refractivity contribution in [1.29, 1.82) is 0 Å². The van der Waals surface area contributed by atoms with E-state index in [2.05, 4.69) is 22.9 Å². The molecular formula is C20H15F3NOS+. The van der Waals surface area contributed by atoms with Gasteiger partial charge in [0.1, 0.15) is 22.3 Å². The third-order valence-corrected chi connectivity index (χ3v) is 6.48. The molecule has 1 heterocycles. The van der Waals surface area contributed by atoms with Crippen LogP contribution in [-0.4, -0.2) is 13.4 Å². The predicted octanol–water partition coefficient (Wildman–Crippen LogP) is 5.76. The van der Waals surface area contributed by atoms with Crippen LogP contribution in [0.5, 0.6) is 5.75 Å². The fourth-order valence-corrected chi connectivity index (χ4v) is 5.51. The highest BCUT2D eigenvalue weighted by Gasteiger charge is 2.40. The predicted molar refractivity (Wildman–Crippen MR) is 96.2 cm³/mol. The van der Waals surface area contributed by atoms with E-state index in [-0.39, 0.29) is 16.6 Å². The Balaban J connectivity index is 1.89. The molecule has 1 aliphatic heterocycles. The van der Waals surface area contributed by atoms with Crippen LogP contribution in [0.25, 0.3) is 0 Å². The minimum atomic E-state index is -4.71. The smallest absolute Gasteiger partial charge is 0.406 e.